The molecule has 4 rings (SSSR count). The zero-order chi connectivity index (χ0) is 17.9. The third-order valence-corrected chi connectivity index (χ3v) is 5.88. The number of benzene rings is 1. The Morgan fingerprint density at radius 3 is 3.00 bits per heavy atom. The van der Waals surface area contributed by atoms with Crippen molar-refractivity contribution >= 4 is 29.3 Å². The Labute approximate surface area is 161 Å². The molecular weight excluding hydrogens is 372 g/mol. The normalized spacial score (nSPS) is 19.7. The summed E-state index contributed by atoms with van der Waals surface area (Å²) in [5, 5.41) is 9.50. The molecule has 2 aliphatic rings. The van der Waals surface area contributed by atoms with Gasteiger partial charge in [0.15, 0.2) is 5.16 Å². The van der Waals surface area contributed by atoms with Crippen molar-refractivity contribution in [3.8, 4) is 5.69 Å². The molecule has 0 spiro atoms. The molecule has 1 amide bonds. The smallest absolute Gasteiger partial charge is 0.233 e. The zero-order valence-electron chi connectivity index (χ0n) is 14.4. The molecular formula is C18H21ClN4O2S. The number of carbonyl (C=O) groups excluding carboxylic acids is 1. The van der Waals surface area contributed by atoms with Crippen LogP contribution in [0.15, 0.2) is 35.7 Å². The first-order valence-corrected chi connectivity index (χ1v) is 10.2. The molecule has 6 nitrogen and oxygen atoms in total. The van der Waals surface area contributed by atoms with Crippen LogP contribution in [0, 0.1) is 5.92 Å². The summed E-state index contributed by atoms with van der Waals surface area (Å²) in [5.74, 6) is 1.01. The molecule has 1 unspecified atom stereocenters. The molecule has 26 heavy (non-hydrogen) atoms. The van der Waals surface area contributed by atoms with Gasteiger partial charge in [-0.15, -0.1) is 10.2 Å². The highest BCUT2D eigenvalue weighted by atomic mass is 35.5. The number of ether oxygens (including phenoxy) is 1. The molecule has 1 saturated carbocycles. The Morgan fingerprint density at radius 2 is 2.27 bits per heavy atom. The highest BCUT2D eigenvalue weighted by Crippen LogP contribution is 2.30. The number of halogens is 1. The fourth-order valence-electron chi connectivity index (χ4n) is 3.18. The maximum absolute atomic E-state index is 12.8. The second-order valence-corrected chi connectivity index (χ2v) is 8.14. The minimum atomic E-state index is 0.171. The maximum atomic E-state index is 12.8. The van der Waals surface area contributed by atoms with Crippen LogP contribution in [0.4, 0.5) is 0 Å². The lowest BCUT2D eigenvalue weighted by atomic mass is 10.1. The Balaban J connectivity index is 1.40. The Morgan fingerprint density at radius 1 is 1.38 bits per heavy atom. The van der Waals surface area contributed by atoms with Gasteiger partial charge < -0.3 is 9.64 Å². The van der Waals surface area contributed by atoms with E-state index in [9.17, 15) is 4.79 Å². The van der Waals surface area contributed by atoms with Crippen LogP contribution in [0.25, 0.3) is 5.69 Å². The Bertz CT molecular complexity index is 774. The molecule has 0 bridgehead atoms. The molecule has 1 aliphatic heterocycles. The minimum Gasteiger partial charge on any atom is -0.381 e. The molecule has 1 aromatic carbocycles. The van der Waals surface area contributed by atoms with Crippen LogP contribution in [-0.2, 0) is 9.53 Å². The van der Waals surface area contributed by atoms with Crippen molar-refractivity contribution < 1.29 is 9.53 Å². The van der Waals surface area contributed by atoms with Crippen molar-refractivity contribution in [1.82, 2.24) is 19.7 Å². The summed E-state index contributed by atoms with van der Waals surface area (Å²) >= 11 is 7.49. The van der Waals surface area contributed by atoms with Gasteiger partial charge in [-0.3, -0.25) is 9.36 Å². The number of carbonyl (C=O) groups is 1. The second kappa shape index (κ2) is 7.98. The minimum absolute atomic E-state index is 0.171. The van der Waals surface area contributed by atoms with Crippen LogP contribution in [-0.4, -0.2) is 57.1 Å². The van der Waals surface area contributed by atoms with Crippen LogP contribution >= 0.6 is 23.4 Å². The van der Waals surface area contributed by atoms with Gasteiger partial charge in [-0.2, -0.15) is 0 Å². The van der Waals surface area contributed by atoms with E-state index in [-0.39, 0.29) is 5.91 Å². The van der Waals surface area contributed by atoms with Crippen LogP contribution in [0.5, 0.6) is 0 Å². The molecule has 1 aromatic heterocycles. The van der Waals surface area contributed by atoms with E-state index in [0.717, 1.165) is 44.7 Å². The first-order chi connectivity index (χ1) is 12.7. The lowest BCUT2D eigenvalue weighted by molar-refractivity contribution is -0.129. The fourth-order valence-corrected chi connectivity index (χ4v) is 4.18. The summed E-state index contributed by atoms with van der Waals surface area (Å²) in [6.45, 7) is 2.40. The van der Waals surface area contributed by atoms with Crippen LogP contribution in [0.3, 0.4) is 0 Å². The molecule has 2 fully saturated rings. The highest BCUT2D eigenvalue weighted by molar-refractivity contribution is 7.99. The van der Waals surface area contributed by atoms with E-state index in [1.54, 1.807) is 6.33 Å². The number of aromatic nitrogens is 3. The van der Waals surface area contributed by atoms with E-state index in [1.165, 1.54) is 11.8 Å². The molecule has 1 saturated heterocycles. The molecule has 138 valence electrons. The topological polar surface area (TPSA) is 60.2 Å². The first kappa shape index (κ1) is 17.8. The van der Waals surface area contributed by atoms with E-state index < -0.39 is 0 Å². The zero-order valence-corrected chi connectivity index (χ0v) is 16.0. The van der Waals surface area contributed by atoms with Gasteiger partial charge in [0.25, 0.3) is 0 Å². The molecule has 1 atom stereocenters. The highest BCUT2D eigenvalue weighted by Gasteiger charge is 2.34. The predicted octanol–water partition coefficient (Wildman–Crippen LogP) is 3.04. The lowest BCUT2D eigenvalue weighted by Gasteiger charge is -2.25. The summed E-state index contributed by atoms with van der Waals surface area (Å²) in [6, 6.07) is 7.92. The van der Waals surface area contributed by atoms with Crippen LogP contribution in [0.1, 0.15) is 19.3 Å². The van der Waals surface area contributed by atoms with Gasteiger partial charge in [0, 0.05) is 30.1 Å². The predicted molar refractivity (Wildman–Crippen MR) is 101 cm³/mol. The van der Waals surface area contributed by atoms with E-state index in [0.29, 0.717) is 27.9 Å². The van der Waals surface area contributed by atoms with E-state index in [1.807, 2.05) is 33.7 Å². The number of thioether (sulfide) groups is 1. The number of nitrogens with zero attached hydrogens (tertiary/aromatic N) is 4. The Kier molecular flexibility index (Phi) is 5.47. The first-order valence-electron chi connectivity index (χ1n) is 8.86. The average molecular weight is 393 g/mol. The summed E-state index contributed by atoms with van der Waals surface area (Å²) < 4.78 is 7.31. The number of rotatable bonds is 7. The third kappa shape index (κ3) is 4.22. The third-order valence-electron chi connectivity index (χ3n) is 4.71. The lowest BCUT2D eigenvalue weighted by Crippen LogP contribution is -2.38. The van der Waals surface area contributed by atoms with E-state index in [2.05, 4.69) is 10.2 Å². The standard InChI is InChI=1S/C18H21ClN4O2S/c19-14-2-1-3-16(8-14)23-12-20-21-18(23)26-11-17(24)22(15-4-5-15)9-13-6-7-25-10-13/h1-3,8,12-13,15H,4-7,9-11H2. The van der Waals surface area contributed by atoms with Gasteiger partial charge in [-0.25, -0.2) is 0 Å². The summed E-state index contributed by atoms with van der Waals surface area (Å²) in [7, 11) is 0. The number of hydrogen-bond donors (Lipinski definition) is 0. The van der Waals surface area contributed by atoms with Crippen molar-refractivity contribution in [2.45, 2.75) is 30.5 Å². The quantitative estimate of drug-likeness (QED) is 0.678. The fraction of sp³-hybridized carbons (Fsp3) is 0.500. The van der Waals surface area contributed by atoms with Gasteiger partial charge in [0.05, 0.1) is 18.0 Å². The Hall–Kier alpha value is -1.57. The van der Waals surface area contributed by atoms with Gasteiger partial charge >= 0.3 is 0 Å². The SMILES string of the molecule is O=C(CSc1nncn1-c1cccc(Cl)c1)N(CC1CCOC1)C1CC1. The van der Waals surface area contributed by atoms with E-state index in [4.69, 9.17) is 16.3 Å². The van der Waals surface area contributed by atoms with Gasteiger partial charge in [0.1, 0.15) is 6.33 Å². The molecule has 0 radical (unpaired) electrons. The van der Waals surface area contributed by atoms with Crippen LogP contribution in [0.2, 0.25) is 5.02 Å². The summed E-state index contributed by atoms with van der Waals surface area (Å²) in [4.78, 5) is 14.8. The van der Waals surface area contributed by atoms with Gasteiger partial charge in [0.2, 0.25) is 5.91 Å². The molecule has 2 heterocycles. The molecule has 0 N–H and O–H groups in total. The van der Waals surface area contributed by atoms with E-state index >= 15 is 0 Å². The molecule has 8 heteroatoms. The monoisotopic (exact) mass is 392 g/mol. The largest absolute Gasteiger partial charge is 0.381 e. The van der Waals surface area contributed by atoms with Crippen molar-refractivity contribution in [2.24, 2.45) is 5.92 Å². The second-order valence-electron chi connectivity index (χ2n) is 6.76. The molecule has 2 aromatic rings. The van der Waals surface area contributed by atoms with Gasteiger partial charge in [-0.05, 0) is 37.5 Å². The maximum Gasteiger partial charge on any atom is 0.233 e. The summed E-state index contributed by atoms with van der Waals surface area (Å²) in [6.07, 6.45) is 4.92. The van der Waals surface area contributed by atoms with Crippen molar-refractivity contribution in [3.63, 3.8) is 0 Å². The van der Waals surface area contributed by atoms with Crippen molar-refractivity contribution in [2.75, 3.05) is 25.5 Å². The number of amides is 1. The van der Waals surface area contributed by atoms with Crippen molar-refractivity contribution in [3.05, 3.63) is 35.6 Å². The van der Waals surface area contributed by atoms with Gasteiger partial charge in [-0.1, -0.05) is 29.4 Å². The molecule has 1 aliphatic carbocycles. The van der Waals surface area contributed by atoms with Crippen LogP contribution < -0.4 is 0 Å². The summed E-state index contributed by atoms with van der Waals surface area (Å²) in [5.41, 5.74) is 0.889. The van der Waals surface area contributed by atoms with Crippen molar-refractivity contribution in [1.29, 1.82) is 0 Å². The average Bonchev–Trinajstić information content (AvgIpc) is 3.15. The number of hydrogen-bond acceptors (Lipinski definition) is 5.